The van der Waals surface area contributed by atoms with Crippen molar-refractivity contribution in [1.29, 1.82) is 0 Å². The molecule has 250 valence electrons. The standard InChI is InChI=1S/C39H39N5O5/c1-43-30-16-14-26(19-25(30)21-32(43)37(47)48)40-38(49)39(17-7-8-18-39)42-36(46)24-13-15-28-31(20-24)44-22-33(45)41-29-12-6-5-11-27(29)35(44)34(28)23-9-3-2-4-10-23/h5-6,11-16,19-21,23H,2-4,7-10,17-18,22H2,1H3,(H,40,49)(H,41,45)(H,42,46)(H,47,48). The van der Waals surface area contributed by atoms with Crippen LogP contribution in [0.5, 0.6) is 0 Å². The van der Waals surface area contributed by atoms with Gasteiger partial charge in [-0.15, -0.1) is 0 Å². The first-order valence-corrected chi connectivity index (χ1v) is 17.2. The molecule has 5 aromatic rings. The predicted molar refractivity (Wildman–Crippen MR) is 189 cm³/mol. The molecule has 0 spiro atoms. The van der Waals surface area contributed by atoms with Crippen molar-refractivity contribution in [2.24, 2.45) is 7.05 Å². The highest BCUT2D eigenvalue weighted by Crippen LogP contribution is 2.46. The minimum Gasteiger partial charge on any atom is -0.477 e. The van der Waals surface area contributed by atoms with E-state index in [1.54, 1.807) is 35.9 Å². The van der Waals surface area contributed by atoms with Crippen LogP contribution >= 0.6 is 0 Å². The molecule has 3 aromatic carbocycles. The lowest BCUT2D eigenvalue weighted by Crippen LogP contribution is -2.55. The fourth-order valence-corrected chi connectivity index (χ4v) is 8.47. The maximum absolute atomic E-state index is 14.1. The minimum atomic E-state index is -1.09. The molecule has 0 atom stereocenters. The van der Waals surface area contributed by atoms with Gasteiger partial charge in [0, 0.05) is 40.2 Å². The Hall–Kier alpha value is -5.38. The number of para-hydroxylation sites is 1. The number of carbonyl (C=O) groups excluding carboxylic acids is 3. The maximum atomic E-state index is 14.1. The number of aromatic carboxylic acids is 1. The van der Waals surface area contributed by atoms with Gasteiger partial charge < -0.3 is 30.2 Å². The van der Waals surface area contributed by atoms with Crippen LogP contribution in [0, 0.1) is 0 Å². The van der Waals surface area contributed by atoms with Crippen molar-refractivity contribution < 1.29 is 24.3 Å². The van der Waals surface area contributed by atoms with E-state index >= 15 is 0 Å². The Morgan fingerprint density at radius 2 is 1.67 bits per heavy atom. The molecule has 3 heterocycles. The second-order valence-corrected chi connectivity index (χ2v) is 13.9. The third kappa shape index (κ3) is 5.26. The molecule has 0 bridgehead atoms. The summed E-state index contributed by atoms with van der Waals surface area (Å²) in [6.45, 7) is 0.143. The number of nitrogens with zero attached hydrogens (tertiary/aromatic N) is 2. The number of nitrogens with one attached hydrogen (secondary N) is 3. The number of carboxylic acids is 1. The molecule has 0 saturated heterocycles. The summed E-state index contributed by atoms with van der Waals surface area (Å²) in [6.07, 6.45) is 8.37. The molecular weight excluding hydrogens is 618 g/mol. The predicted octanol–water partition coefficient (Wildman–Crippen LogP) is 7.18. The Labute approximate surface area is 283 Å². The zero-order valence-electron chi connectivity index (χ0n) is 27.5. The molecule has 10 nitrogen and oxygen atoms in total. The second kappa shape index (κ2) is 11.9. The number of hydrogen-bond acceptors (Lipinski definition) is 4. The molecule has 0 unspecified atom stereocenters. The van der Waals surface area contributed by atoms with Crippen molar-refractivity contribution in [3.63, 3.8) is 0 Å². The van der Waals surface area contributed by atoms with Gasteiger partial charge in [0.1, 0.15) is 17.8 Å². The third-order valence-corrected chi connectivity index (χ3v) is 10.9. The molecule has 49 heavy (non-hydrogen) atoms. The van der Waals surface area contributed by atoms with E-state index in [4.69, 9.17) is 0 Å². The Balaban J connectivity index is 1.13. The van der Waals surface area contributed by atoms with Crippen LogP contribution in [0.4, 0.5) is 11.4 Å². The molecule has 10 heteroatoms. The number of hydrogen-bond donors (Lipinski definition) is 4. The molecule has 3 amide bonds. The molecule has 2 aliphatic carbocycles. The van der Waals surface area contributed by atoms with E-state index in [-0.39, 0.29) is 30.0 Å². The molecule has 4 N–H and O–H groups in total. The summed E-state index contributed by atoms with van der Waals surface area (Å²) in [5.41, 5.74) is 5.71. The van der Waals surface area contributed by atoms with Crippen LogP contribution in [0.2, 0.25) is 0 Å². The van der Waals surface area contributed by atoms with Gasteiger partial charge in [0.05, 0.1) is 16.9 Å². The van der Waals surface area contributed by atoms with Crippen LogP contribution in [0.25, 0.3) is 33.1 Å². The van der Waals surface area contributed by atoms with Crippen LogP contribution in [-0.4, -0.2) is 43.5 Å². The fourth-order valence-electron chi connectivity index (χ4n) is 8.47. The number of anilines is 2. The Morgan fingerprint density at radius 1 is 0.898 bits per heavy atom. The van der Waals surface area contributed by atoms with Crippen LogP contribution in [0.1, 0.15) is 90.1 Å². The Kier molecular flexibility index (Phi) is 7.54. The molecule has 2 aromatic heterocycles. The number of carboxylic acid groups (broad SMARTS) is 1. The number of rotatable bonds is 6. The second-order valence-electron chi connectivity index (χ2n) is 13.9. The number of fused-ring (bicyclic) bond motifs is 6. The van der Waals surface area contributed by atoms with E-state index in [1.165, 1.54) is 24.8 Å². The molecule has 2 fully saturated rings. The fraction of sp³-hybridized carbons (Fsp3) is 0.333. The number of aromatic nitrogens is 2. The first kappa shape index (κ1) is 30.9. The van der Waals surface area contributed by atoms with E-state index in [0.717, 1.165) is 59.0 Å². The summed E-state index contributed by atoms with van der Waals surface area (Å²) in [5, 5.41) is 20.5. The molecule has 8 rings (SSSR count). The van der Waals surface area contributed by atoms with Crippen molar-refractivity contribution in [1.82, 2.24) is 14.5 Å². The highest BCUT2D eigenvalue weighted by atomic mass is 16.4. The van der Waals surface area contributed by atoms with Gasteiger partial charge in [-0.25, -0.2) is 4.79 Å². The summed E-state index contributed by atoms with van der Waals surface area (Å²) in [6, 6.07) is 20.6. The molecule has 0 radical (unpaired) electrons. The number of aryl methyl sites for hydroxylation is 1. The average Bonchev–Trinajstić information content (AvgIpc) is 3.77. The van der Waals surface area contributed by atoms with Crippen molar-refractivity contribution >= 4 is 56.9 Å². The monoisotopic (exact) mass is 657 g/mol. The topological polar surface area (TPSA) is 134 Å². The summed E-state index contributed by atoms with van der Waals surface area (Å²) in [4.78, 5) is 52.8. The third-order valence-electron chi connectivity index (χ3n) is 10.9. The summed E-state index contributed by atoms with van der Waals surface area (Å²) >= 11 is 0. The highest BCUT2D eigenvalue weighted by molar-refractivity contribution is 6.08. The van der Waals surface area contributed by atoms with E-state index in [2.05, 4.69) is 26.6 Å². The molecule has 3 aliphatic rings. The lowest BCUT2D eigenvalue weighted by atomic mass is 9.81. The smallest absolute Gasteiger partial charge is 0.352 e. The first-order valence-electron chi connectivity index (χ1n) is 17.2. The SMILES string of the molecule is Cn1c(C(=O)O)cc2cc(NC(=O)C3(NC(=O)c4ccc5c(C6CCCCC6)c6n(c5c4)CC(=O)Nc4ccccc4-6)CCCC3)ccc21. The van der Waals surface area contributed by atoms with Crippen LogP contribution in [0.3, 0.4) is 0 Å². The summed E-state index contributed by atoms with van der Waals surface area (Å²) in [5.74, 6) is -1.40. The van der Waals surface area contributed by atoms with Gasteiger partial charge in [-0.2, -0.15) is 0 Å². The van der Waals surface area contributed by atoms with Gasteiger partial charge in [0.25, 0.3) is 5.91 Å². The lowest BCUT2D eigenvalue weighted by Gasteiger charge is -2.29. The summed E-state index contributed by atoms with van der Waals surface area (Å²) < 4.78 is 3.68. The zero-order chi connectivity index (χ0) is 33.9. The van der Waals surface area contributed by atoms with E-state index in [9.17, 15) is 24.3 Å². The highest BCUT2D eigenvalue weighted by Gasteiger charge is 2.43. The Bertz CT molecular complexity index is 2180. The van der Waals surface area contributed by atoms with Gasteiger partial charge >= 0.3 is 5.97 Å². The lowest BCUT2D eigenvalue weighted by molar-refractivity contribution is -0.122. The van der Waals surface area contributed by atoms with Gasteiger partial charge in [0.15, 0.2) is 0 Å². The van der Waals surface area contributed by atoms with Crippen LogP contribution < -0.4 is 16.0 Å². The van der Waals surface area contributed by atoms with E-state index in [0.29, 0.717) is 35.4 Å². The number of carbonyl (C=O) groups is 4. The van der Waals surface area contributed by atoms with E-state index in [1.807, 2.05) is 36.4 Å². The van der Waals surface area contributed by atoms with Crippen molar-refractivity contribution in [3.8, 4) is 11.3 Å². The van der Waals surface area contributed by atoms with Gasteiger partial charge in [-0.05, 0) is 79.6 Å². The maximum Gasteiger partial charge on any atom is 0.352 e. The molecular formula is C39H39N5O5. The first-order chi connectivity index (χ1) is 23.7. The van der Waals surface area contributed by atoms with Gasteiger partial charge in [-0.3, -0.25) is 14.4 Å². The molecule has 1 aliphatic heterocycles. The van der Waals surface area contributed by atoms with Crippen molar-refractivity contribution in [2.45, 2.75) is 75.8 Å². The van der Waals surface area contributed by atoms with Gasteiger partial charge in [0.2, 0.25) is 11.8 Å². The van der Waals surface area contributed by atoms with Crippen LogP contribution in [-0.2, 0) is 23.2 Å². The number of amides is 3. The average molecular weight is 658 g/mol. The normalized spacial score (nSPS) is 17.3. The number of benzene rings is 3. The Morgan fingerprint density at radius 3 is 2.45 bits per heavy atom. The molecule has 2 saturated carbocycles. The largest absolute Gasteiger partial charge is 0.477 e. The summed E-state index contributed by atoms with van der Waals surface area (Å²) in [7, 11) is 1.69. The van der Waals surface area contributed by atoms with Crippen molar-refractivity contribution in [2.75, 3.05) is 10.6 Å². The van der Waals surface area contributed by atoms with E-state index < -0.39 is 11.5 Å². The minimum absolute atomic E-state index is 0.109. The van der Waals surface area contributed by atoms with Crippen LogP contribution in [0.15, 0.2) is 66.7 Å². The zero-order valence-corrected chi connectivity index (χ0v) is 27.5. The quantitative estimate of drug-likeness (QED) is 0.154. The van der Waals surface area contributed by atoms with Gasteiger partial charge in [-0.1, -0.05) is 56.4 Å². The van der Waals surface area contributed by atoms with Crippen molar-refractivity contribution in [3.05, 3.63) is 83.6 Å².